The monoisotopic (exact) mass is 286 g/mol. The molecule has 0 bridgehead atoms. The van der Waals surface area contributed by atoms with Crippen LogP contribution in [-0.2, 0) is 11.2 Å². The highest BCUT2D eigenvalue weighted by atomic mass is 32.1. The number of H-pyrrole nitrogens is 1. The van der Waals surface area contributed by atoms with Crippen molar-refractivity contribution in [2.75, 3.05) is 7.05 Å². The van der Waals surface area contributed by atoms with Crippen molar-refractivity contribution in [2.45, 2.75) is 46.6 Å². The summed E-state index contributed by atoms with van der Waals surface area (Å²) in [5.41, 5.74) is 1.02. The molecule has 0 saturated heterocycles. The number of nitrogens with one attached hydrogen (secondary N) is 1. The number of aromatic nitrogens is 1. The summed E-state index contributed by atoms with van der Waals surface area (Å²) in [6.07, 6.45) is 1.48. The zero-order valence-corrected chi connectivity index (χ0v) is 13.4. The number of aromatic amines is 1. The van der Waals surface area contributed by atoms with Gasteiger partial charge < -0.3 is 9.88 Å². The number of carbonyl (C=O) groups is 1. The van der Waals surface area contributed by atoms with Crippen molar-refractivity contribution in [3.63, 3.8) is 0 Å². The Kier molecular flexibility index (Phi) is 5.53. The van der Waals surface area contributed by atoms with Gasteiger partial charge in [-0.1, -0.05) is 13.8 Å². The average Bonchev–Trinajstić information content (AvgIpc) is 2.55. The lowest BCUT2D eigenvalue weighted by Gasteiger charge is -2.26. The number of rotatable bonds is 5. The zero-order chi connectivity index (χ0) is 13.9. The fourth-order valence-corrected chi connectivity index (χ4v) is 3.24. The summed E-state index contributed by atoms with van der Waals surface area (Å²) < 4.78 is 0.744. The van der Waals surface area contributed by atoms with Gasteiger partial charge in [-0.3, -0.25) is 4.79 Å². The van der Waals surface area contributed by atoms with E-state index in [1.54, 1.807) is 0 Å². The Morgan fingerprint density at radius 3 is 2.50 bits per heavy atom. The highest BCUT2D eigenvalue weighted by Gasteiger charge is 2.18. The van der Waals surface area contributed by atoms with E-state index in [0.717, 1.165) is 20.9 Å². The molecule has 0 unspecified atom stereocenters. The van der Waals surface area contributed by atoms with Crippen LogP contribution in [-0.4, -0.2) is 28.9 Å². The van der Waals surface area contributed by atoms with Gasteiger partial charge in [0.15, 0.2) is 3.95 Å². The third-order valence-electron chi connectivity index (χ3n) is 3.10. The van der Waals surface area contributed by atoms with Crippen LogP contribution >= 0.6 is 23.6 Å². The van der Waals surface area contributed by atoms with Crippen molar-refractivity contribution >= 4 is 29.5 Å². The number of thiazole rings is 1. The molecule has 0 spiro atoms. The lowest BCUT2D eigenvalue weighted by atomic mass is 10.0. The first-order valence-corrected chi connectivity index (χ1v) is 7.48. The van der Waals surface area contributed by atoms with Crippen molar-refractivity contribution in [3.05, 3.63) is 14.5 Å². The second-order valence-corrected chi connectivity index (χ2v) is 6.99. The molecular weight excluding hydrogens is 264 g/mol. The van der Waals surface area contributed by atoms with Gasteiger partial charge in [0.25, 0.3) is 0 Å². The molecule has 0 aromatic carbocycles. The van der Waals surface area contributed by atoms with Crippen LogP contribution < -0.4 is 0 Å². The van der Waals surface area contributed by atoms with Gasteiger partial charge in [0.2, 0.25) is 5.91 Å². The van der Waals surface area contributed by atoms with E-state index in [2.05, 4.69) is 25.8 Å². The van der Waals surface area contributed by atoms with Crippen molar-refractivity contribution in [3.8, 4) is 0 Å². The number of aryl methyl sites for hydroxylation is 1. The number of likely N-dealkylation sites (N-methyl/N-ethyl adjacent to an activating group) is 1. The molecule has 0 saturated carbocycles. The number of hydrogen-bond acceptors (Lipinski definition) is 3. The first-order valence-electron chi connectivity index (χ1n) is 6.25. The van der Waals surface area contributed by atoms with E-state index >= 15 is 0 Å². The molecule has 1 heterocycles. The molecule has 0 aliphatic carbocycles. The van der Waals surface area contributed by atoms with Crippen molar-refractivity contribution in [2.24, 2.45) is 5.92 Å². The SMILES string of the molecule is Cc1[nH]c(=S)sc1CC(=O)N(C)[C@@H](C)CC(C)C. The van der Waals surface area contributed by atoms with Crippen LogP contribution in [0.15, 0.2) is 0 Å². The Morgan fingerprint density at radius 1 is 1.44 bits per heavy atom. The van der Waals surface area contributed by atoms with Crippen LogP contribution in [0.3, 0.4) is 0 Å². The van der Waals surface area contributed by atoms with Crippen molar-refractivity contribution < 1.29 is 4.79 Å². The van der Waals surface area contributed by atoms with Crippen LogP contribution in [0, 0.1) is 16.8 Å². The molecule has 102 valence electrons. The molecule has 0 fully saturated rings. The quantitative estimate of drug-likeness (QED) is 0.840. The summed E-state index contributed by atoms with van der Waals surface area (Å²) in [5, 5.41) is 0. The second-order valence-electron chi connectivity index (χ2n) is 5.22. The van der Waals surface area contributed by atoms with Gasteiger partial charge in [-0.2, -0.15) is 0 Å². The lowest BCUT2D eigenvalue weighted by Crippen LogP contribution is -2.36. The van der Waals surface area contributed by atoms with Crippen LogP contribution in [0.1, 0.15) is 37.8 Å². The summed E-state index contributed by atoms with van der Waals surface area (Å²) in [6.45, 7) is 8.42. The zero-order valence-electron chi connectivity index (χ0n) is 11.7. The van der Waals surface area contributed by atoms with Gasteiger partial charge >= 0.3 is 0 Å². The fraction of sp³-hybridized carbons (Fsp3) is 0.692. The van der Waals surface area contributed by atoms with E-state index in [1.165, 1.54) is 11.3 Å². The van der Waals surface area contributed by atoms with Gasteiger partial charge in [0.1, 0.15) is 0 Å². The van der Waals surface area contributed by atoms with Crippen LogP contribution in [0.5, 0.6) is 0 Å². The molecule has 0 radical (unpaired) electrons. The molecule has 3 nitrogen and oxygen atoms in total. The van der Waals surface area contributed by atoms with E-state index in [1.807, 2.05) is 18.9 Å². The Balaban J connectivity index is 2.65. The molecule has 0 aliphatic heterocycles. The number of amides is 1. The standard InChI is InChI=1S/C13H22N2OS2/c1-8(2)6-9(3)15(5)12(16)7-11-10(4)14-13(17)18-11/h8-9H,6-7H2,1-5H3,(H,14,17)/t9-/m0/s1. The van der Waals surface area contributed by atoms with Gasteiger partial charge in [-0.25, -0.2) is 0 Å². The number of carbonyl (C=O) groups excluding carboxylic acids is 1. The van der Waals surface area contributed by atoms with Crippen molar-refractivity contribution in [1.29, 1.82) is 0 Å². The summed E-state index contributed by atoms with van der Waals surface area (Å²) >= 11 is 6.58. The largest absolute Gasteiger partial charge is 0.343 e. The van der Waals surface area contributed by atoms with E-state index in [-0.39, 0.29) is 11.9 Å². The highest BCUT2D eigenvalue weighted by molar-refractivity contribution is 7.73. The maximum Gasteiger partial charge on any atom is 0.227 e. The van der Waals surface area contributed by atoms with Gasteiger partial charge in [-0.05, 0) is 38.4 Å². The minimum Gasteiger partial charge on any atom is -0.343 e. The number of hydrogen-bond donors (Lipinski definition) is 1. The maximum atomic E-state index is 12.2. The third kappa shape index (κ3) is 4.21. The molecule has 1 rings (SSSR count). The van der Waals surface area contributed by atoms with E-state index in [9.17, 15) is 4.79 Å². The van der Waals surface area contributed by atoms with E-state index in [0.29, 0.717) is 12.3 Å². The first kappa shape index (κ1) is 15.4. The average molecular weight is 286 g/mol. The predicted octanol–water partition coefficient (Wildman–Crippen LogP) is 3.55. The lowest BCUT2D eigenvalue weighted by molar-refractivity contribution is -0.131. The van der Waals surface area contributed by atoms with E-state index in [4.69, 9.17) is 12.2 Å². The summed E-state index contributed by atoms with van der Waals surface area (Å²) in [6, 6.07) is 0.282. The Morgan fingerprint density at radius 2 is 2.06 bits per heavy atom. The molecule has 1 aromatic heterocycles. The van der Waals surface area contributed by atoms with Crippen LogP contribution in [0.25, 0.3) is 0 Å². The molecule has 5 heteroatoms. The van der Waals surface area contributed by atoms with Gasteiger partial charge in [-0.15, -0.1) is 11.3 Å². The minimum absolute atomic E-state index is 0.163. The van der Waals surface area contributed by atoms with Crippen molar-refractivity contribution in [1.82, 2.24) is 9.88 Å². The van der Waals surface area contributed by atoms with Gasteiger partial charge in [0, 0.05) is 23.7 Å². The number of nitrogens with zero attached hydrogens (tertiary/aromatic N) is 1. The normalized spacial score (nSPS) is 12.8. The minimum atomic E-state index is 0.163. The fourth-order valence-electron chi connectivity index (χ4n) is 1.95. The molecular formula is C13H22N2OS2. The third-order valence-corrected chi connectivity index (χ3v) is 4.44. The molecule has 1 atom stereocenters. The maximum absolute atomic E-state index is 12.2. The van der Waals surface area contributed by atoms with Gasteiger partial charge in [0.05, 0.1) is 6.42 Å². The molecule has 1 N–H and O–H groups in total. The summed E-state index contributed by atoms with van der Waals surface area (Å²) in [4.78, 5) is 18.2. The second kappa shape index (κ2) is 6.48. The van der Waals surface area contributed by atoms with Crippen LogP contribution in [0.2, 0.25) is 0 Å². The smallest absolute Gasteiger partial charge is 0.227 e. The Bertz CT molecular complexity index is 462. The summed E-state index contributed by atoms with van der Waals surface area (Å²) in [5.74, 6) is 0.766. The predicted molar refractivity (Wildman–Crippen MR) is 79.6 cm³/mol. The summed E-state index contributed by atoms with van der Waals surface area (Å²) in [7, 11) is 1.89. The topological polar surface area (TPSA) is 36.1 Å². The molecule has 1 amide bonds. The molecule has 0 aliphatic rings. The Labute approximate surface area is 118 Å². The van der Waals surface area contributed by atoms with E-state index < -0.39 is 0 Å². The highest BCUT2D eigenvalue weighted by Crippen LogP contribution is 2.17. The van der Waals surface area contributed by atoms with Crippen LogP contribution in [0.4, 0.5) is 0 Å². The molecule has 1 aromatic rings. The Hall–Kier alpha value is -0.680. The first-order chi connectivity index (χ1) is 8.31. The molecule has 18 heavy (non-hydrogen) atoms.